The molecule has 0 atom stereocenters. The molecule has 146 valence electrons. The van der Waals surface area contributed by atoms with Crippen molar-refractivity contribution in [3.05, 3.63) is 84.7 Å². The van der Waals surface area contributed by atoms with Gasteiger partial charge in [0.05, 0.1) is 17.9 Å². The second kappa shape index (κ2) is 7.89. The Balaban J connectivity index is 1.91. The van der Waals surface area contributed by atoms with Gasteiger partial charge in [0.1, 0.15) is 11.5 Å². The molecule has 0 radical (unpaired) electrons. The predicted octanol–water partition coefficient (Wildman–Crippen LogP) is 4.73. The highest BCUT2D eigenvalue weighted by atomic mass is 32.2. The van der Waals surface area contributed by atoms with Gasteiger partial charge in [0.25, 0.3) is 0 Å². The van der Waals surface area contributed by atoms with Crippen molar-refractivity contribution in [3.63, 3.8) is 0 Å². The second-order valence-electron chi connectivity index (χ2n) is 5.69. The van der Waals surface area contributed by atoms with Crippen molar-refractivity contribution in [1.82, 2.24) is 4.98 Å². The molecular formula is C19H15F3N2O3S. The number of pyridine rings is 1. The molecule has 0 saturated carbocycles. The van der Waals surface area contributed by atoms with Crippen LogP contribution >= 0.6 is 0 Å². The van der Waals surface area contributed by atoms with E-state index in [1.165, 1.54) is 36.5 Å². The summed E-state index contributed by atoms with van der Waals surface area (Å²) in [5.74, 6) is 0.903. The highest BCUT2D eigenvalue weighted by Gasteiger charge is 2.50. The molecule has 0 fully saturated rings. The molecule has 0 bridgehead atoms. The summed E-state index contributed by atoms with van der Waals surface area (Å²) in [7, 11) is -5.61. The minimum Gasteiger partial charge on any atom is -0.457 e. The van der Waals surface area contributed by atoms with Gasteiger partial charge in [0.2, 0.25) is 0 Å². The van der Waals surface area contributed by atoms with E-state index in [4.69, 9.17) is 4.74 Å². The van der Waals surface area contributed by atoms with Gasteiger partial charge in [-0.2, -0.15) is 21.6 Å². The van der Waals surface area contributed by atoms with Gasteiger partial charge in [-0.1, -0.05) is 24.3 Å². The van der Waals surface area contributed by atoms with Crippen LogP contribution in [0.15, 0.2) is 79.0 Å². The van der Waals surface area contributed by atoms with Gasteiger partial charge in [-0.25, -0.2) is 0 Å². The third-order valence-electron chi connectivity index (χ3n) is 3.72. The zero-order valence-electron chi connectivity index (χ0n) is 14.4. The number of halogens is 3. The molecule has 0 amide bonds. The summed E-state index contributed by atoms with van der Waals surface area (Å²) in [5, 5.41) is 0. The summed E-state index contributed by atoms with van der Waals surface area (Å²) >= 11 is 0. The van der Waals surface area contributed by atoms with Crippen molar-refractivity contribution in [2.75, 3.05) is 4.31 Å². The summed E-state index contributed by atoms with van der Waals surface area (Å²) in [6.45, 7) is -0.554. The first-order valence-corrected chi connectivity index (χ1v) is 9.53. The number of nitrogens with zero attached hydrogens (tertiary/aromatic N) is 2. The molecule has 0 aliphatic carbocycles. The molecule has 0 aliphatic rings. The van der Waals surface area contributed by atoms with E-state index in [-0.39, 0.29) is 15.7 Å². The van der Waals surface area contributed by atoms with Crippen LogP contribution in [0.3, 0.4) is 0 Å². The van der Waals surface area contributed by atoms with Crippen LogP contribution in [0.1, 0.15) is 5.69 Å². The lowest BCUT2D eigenvalue weighted by Gasteiger charge is -2.25. The minimum atomic E-state index is -5.61. The van der Waals surface area contributed by atoms with Crippen LogP contribution in [0.5, 0.6) is 11.5 Å². The normalized spacial score (nSPS) is 11.8. The maximum Gasteiger partial charge on any atom is 0.516 e. The maximum atomic E-state index is 13.2. The molecule has 0 aliphatic heterocycles. The molecule has 0 N–H and O–H groups in total. The first-order chi connectivity index (χ1) is 13.3. The Kier molecular flexibility index (Phi) is 5.55. The van der Waals surface area contributed by atoms with Crippen LogP contribution in [-0.4, -0.2) is 18.9 Å². The van der Waals surface area contributed by atoms with Gasteiger partial charge in [0, 0.05) is 6.20 Å². The number of rotatable bonds is 6. The fourth-order valence-electron chi connectivity index (χ4n) is 2.38. The van der Waals surface area contributed by atoms with Gasteiger partial charge in [-0.3, -0.25) is 9.29 Å². The number of anilines is 1. The predicted molar refractivity (Wildman–Crippen MR) is 98.4 cm³/mol. The fourth-order valence-corrected chi connectivity index (χ4v) is 3.34. The number of ether oxygens (including phenoxy) is 1. The van der Waals surface area contributed by atoms with Crippen LogP contribution in [0.2, 0.25) is 0 Å². The number of alkyl halides is 3. The van der Waals surface area contributed by atoms with Gasteiger partial charge < -0.3 is 4.74 Å². The van der Waals surface area contributed by atoms with Gasteiger partial charge in [-0.15, -0.1) is 0 Å². The van der Waals surface area contributed by atoms with Gasteiger partial charge in [0.15, 0.2) is 0 Å². The lowest BCUT2D eigenvalue weighted by molar-refractivity contribution is -0.0438. The number of hydrogen-bond donors (Lipinski definition) is 0. The van der Waals surface area contributed by atoms with Gasteiger partial charge >= 0.3 is 15.5 Å². The molecular weight excluding hydrogens is 393 g/mol. The smallest absolute Gasteiger partial charge is 0.457 e. The molecule has 1 aromatic heterocycles. The van der Waals surface area contributed by atoms with Crippen molar-refractivity contribution in [3.8, 4) is 11.5 Å². The summed E-state index contributed by atoms with van der Waals surface area (Å²) in [6, 6.07) is 18.7. The Morgan fingerprint density at radius 3 is 2.04 bits per heavy atom. The highest BCUT2D eigenvalue weighted by Crippen LogP contribution is 2.33. The topological polar surface area (TPSA) is 59.5 Å². The maximum absolute atomic E-state index is 13.2. The average Bonchev–Trinajstić information content (AvgIpc) is 2.67. The number of para-hydroxylation sites is 1. The summed E-state index contributed by atoms with van der Waals surface area (Å²) in [5.41, 5.74) is -5.41. The molecule has 0 spiro atoms. The first kappa shape index (κ1) is 19.7. The van der Waals surface area contributed by atoms with Crippen molar-refractivity contribution in [2.24, 2.45) is 0 Å². The van der Waals surface area contributed by atoms with E-state index in [9.17, 15) is 21.6 Å². The molecule has 0 unspecified atom stereocenters. The van der Waals surface area contributed by atoms with Crippen molar-refractivity contribution in [1.29, 1.82) is 0 Å². The van der Waals surface area contributed by atoms with Crippen molar-refractivity contribution in [2.45, 2.75) is 12.1 Å². The molecule has 0 saturated heterocycles. The number of sulfonamides is 1. The lowest BCUT2D eigenvalue weighted by Crippen LogP contribution is -2.40. The Morgan fingerprint density at radius 1 is 0.857 bits per heavy atom. The molecule has 9 heteroatoms. The Hall–Kier alpha value is -3.07. The number of aromatic nitrogens is 1. The molecule has 28 heavy (non-hydrogen) atoms. The van der Waals surface area contributed by atoms with Crippen LogP contribution in [0.25, 0.3) is 0 Å². The highest BCUT2D eigenvalue weighted by molar-refractivity contribution is 7.93. The standard InChI is InChI=1S/C19H15F3N2O3S/c20-19(21,22)28(25,26)24(14-15-6-4-5-13-23-15)16-9-11-18(12-10-16)27-17-7-2-1-3-8-17/h1-13H,14H2. The average molecular weight is 408 g/mol. The quantitative estimate of drug-likeness (QED) is 0.592. The molecule has 1 heterocycles. The first-order valence-electron chi connectivity index (χ1n) is 8.09. The van der Waals surface area contributed by atoms with E-state index < -0.39 is 22.1 Å². The third kappa shape index (κ3) is 4.42. The van der Waals surface area contributed by atoms with E-state index in [2.05, 4.69) is 4.98 Å². The largest absolute Gasteiger partial charge is 0.516 e. The van der Waals surface area contributed by atoms with E-state index in [0.717, 1.165) is 0 Å². The van der Waals surface area contributed by atoms with Crippen LogP contribution in [0, 0.1) is 0 Å². The summed E-state index contributed by atoms with van der Waals surface area (Å²) in [6.07, 6.45) is 1.38. The fraction of sp³-hybridized carbons (Fsp3) is 0.105. The van der Waals surface area contributed by atoms with Crippen molar-refractivity contribution >= 4 is 15.7 Å². The van der Waals surface area contributed by atoms with E-state index >= 15 is 0 Å². The Morgan fingerprint density at radius 2 is 1.46 bits per heavy atom. The SMILES string of the molecule is O=S(=O)(N(Cc1ccccn1)c1ccc(Oc2ccccc2)cc1)C(F)(F)F. The van der Waals surface area contributed by atoms with Crippen molar-refractivity contribution < 1.29 is 26.3 Å². The number of hydrogen-bond acceptors (Lipinski definition) is 4. The molecule has 3 rings (SSSR count). The van der Waals surface area contributed by atoms with E-state index in [1.54, 1.807) is 36.4 Å². The summed E-state index contributed by atoms with van der Waals surface area (Å²) < 4.78 is 69.5. The van der Waals surface area contributed by atoms with E-state index in [0.29, 0.717) is 11.5 Å². The minimum absolute atomic E-state index is 0.150. The van der Waals surface area contributed by atoms with Gasteiger partial charge in [-0.05, 0) is 48.5 Å². The number of benzene rings is 2. The molecule has 3 aromatic rings. The molecule has 2 aromatic carbocycles. The zero-order chi connectivity index (χ0) is 20.2. The second-order valence-corrected chi connectivity index (χ2v) is 7.54. The Labute approximate surface area is 160 Å². The monoisotopic (exact) mass is 408 g/mol. The van der Waals surface area contributed by atoms with E-state index in [1.807, 2.05) is 6.07 Å². The third-order valence-corrected chi connectivity index (χ3v) is 5.22. The molecule has 5 nitrogen and oxygen atoms in total. The van der Waals surface area contributed by atoms with Crippen LogP contribution < -0.4 is 9.04 Å². The van der Waals surface area contributed by atoms with Crippen LogP contribution in [-0.2, 0) is 16.6 Å². The zero-order valence-corrected chi connectivity index (χ0v) is 15.2. The van der Waals surface area contributed by atoms with Crippen LogP contribution in [0.4, 0.5) is 18.9 Å². The summed E-state index contributed by atoms with van der Waals surface area (Å²) in [4.78, 5) is 3.91. The lowest BCUT2D eigenvalue weighted by atomic mass is 10.3. The Bertz CT molecular complexity index is 1010.